The Morgan fingerprint density at radius 1 is 1.18 bits per heavy atom. The molecule has 0 bridgehead atoms. The van der Waals surface area contributed by atoms with Gasteiger partial charge in [-0.15, -0.1) is 0 Å². The average molecular weight is 295 g/mol. The van der Waals surface area contributed by atoms with E-state index < -0.39 is 5.54 Å². The Hall–Kier alpha value is -2.69. The van der Waals surface area contributed by atoms with E-state index in [0.717, 1.165) is 28.1 Å². The summed E-state index contributed by atoms with van der Waals surface area (Å²) in [7, 11) is 0. The Balaban J connectivity index is 1.73. The number of fused-ring (bicyclic) bond motifs is 2. The van der Waals surface area contributed by atoms with Crippen molar-refractivity contribution in [1.82, 2.24) is 5.43 Å². The minimum absolute atomic E-state index is 0.103. The first-order valence-electron chi connectivity index (χ1n) is 7.11. The molecule has 1 unspecified atom stereocenters. The number of carbonyl (C=O) groups is 1. The molecule has 2 N–H and O–H groups in total. The van der Waals surface area contributed by atoms with Crippen LogP contribution in [0.2, 0.25) is 0 Å². The molecule has 1 spiro atoms. The lowest BCUT2D eigenvalue weighted by molar-refractivity contribution is -0.121. The summed E-state index contributed by atoms with van der Waals surface area (Å²) in [5.41, 5.74) is 6.55. The van der Waals surface area contributed by atoms with Crippen LogP contribution in [-0.2, 0) is 10.3 Å². The van der Waals surface area contributed by atoms with Gasteiger partial charge in [0, 0.05) is 17.7 Å². The van der Waals surface area contributed by atoms with Crippen LogP contribution in [0.4, 0.5) is 10.1 Å². The molecular formula is C17H14FN3O. The molecule has 1 amide bonds. The van der Waals surface area contributed by atoms with Gasteiger partial charge in [-0.2, -0.15) is 5.10 Å². The number of benzene rings is 2. The molecule has 0 saturated heterocycles. The fourth-order valence-corrected chi connectivity index (χ4v) is 3.06. The number of hydrogen-bond acceptors (Lipinski definition) is 3. The van der Waals surface area contributed by atoms with Crippen molar-refractivity contribution in [3.63, 3.8) is 0 Å². The van der Waals surface area contributed by atoms with E-state index in [4.69, 9.17) is 0 Å². The molecule has 4 rings (SSSR count). The van der Waals surface area contributed by atoms with Gasteiger partial charge >= 0.3 is 0 Å². The highest BCUT2D eigenvalue weighted by Gasteiger charge is 2.50. The molecule has 2 aliphatic rings. The van der Waals surface area contributed by atoms with Gasteiger partial charge in [-0.1, -0.05) is 29.8 Å². The molecular weight excluding hydrogens is 281 g/mol. The zero-order chi connectivity index (χ0) is 15.3. The van der Waals surface area contributed by atoms with E-state index in [2.05, 4.69) is 15.8 Å². The van der Waals surface area contributed by atoms with E-state index in [9.17, 15) is 9.18 Å². The summed E-state index contributed by atoms with van der Waals surface area (Å²) >= 11 is 0. The van der Waals surface area contributed by atoms with Gasteiger partial charge in [-0.3, -0.25) is 10.2 Å². The Morgan fingerprint density at radius 2 is 1.95 bits per heavy atom. The fourth-order valence-electron chi connectivity index (χ4n) is 3.06. The van der Waals surface area contributed by atoms with Crippen molar-refractivity contribution in [2.24, 2.45) is 5.10 Å². The number of amides is 1. The highest BCUT2D eigenvalue weighted by Crippen LogP contribution is 2.41. The molecule has 2 aromatic rings. The van der Waals surface area contributed by atoms with Crippen molar-refractivity contribution < 1.29 is 9.18 Å². The molecule has 1 atom stereocenters. The first-order valence-corrected chi connectivity index (χ1v) is 7.11. The number of carbonyl (C=O) groups excluding carboxylic acids is 1. The quantitative estimate of drug-likeness (QED) is 0.850. The second kappa shape index (κ2) is 4.40. The van der Waals surface area contributed by atoms with Gasteiger partial charge in [0.1, 0.15) is 5.82 Å². The Morgan fingerprint density at radius 3 is 2.73 bits per heavy atom. The summed E-state index contributed by atoms with van der Waals surface area (Å²) in [6.45, 7) is 1.99. The highest BCUT2D eigenvalue weighted by atomic mass is 19.1. The molecule has 2 aliphatic heterocycles. The monoisotopic (exact) mass is 295 g/mol. The second-order valence-electron chi connectivity index (χ2n) is 5.76. The van der Waals surface area contributed by atoms with Crippen LogP contribution in [0.15, 0.2) is 47.6 Å². The van der Waals surface area contributed by atoms with Gasteiger partial charge in [0.2, 0.25) is 0 Å². The van der Waals surface area contributed by atoms with E-state index in [1.54, 1.807) is 12.1 Å². The third-order valence-corrected chi connectivity index (χ3v) is 4.26. The van der Waals surface area contributed by atoms with Gasteiger partial charge in [0.15, 0.2) is 5.54 Å². The molecule has 22 heavy (non-hydrogen) atoms. The number of nitrogens with one attached hydrogen (secondary N) is 2. The molecule has 0 radical (unpaired) electrons. The Bertz CT molecular complexity index is 813. The molecule has 4 nitrogen and oxygen atoms in total. The summed E-state index contributed by atoms with van der Waals surface area (Å²) in [6.07, 6.45) is 0.445. The maximum absolute atomic E-state index is 13.1. The van der Waals surface area contributed by atoms with Gasteiger partial charge < -0.3 is 5.32 Å². The normalized spacial score (nSPS) is 22.3. The van der Waals surface area contributed by atoms with Gasteiger partial charge in [-0.25, -0.2) is 4.39 Å². The first-order chi connectivity index (χ1) is 10.6. The zero-order valence-electron chi connectivity index (χ0n) is 12.0. The summed E-state index contributed by atoms with van der Waals surface area (Å²) in [4.78, 5) is 12.5. The van der Waals surface area contributed by atoms with E-state index in [1.165, 1.54) is 12.1 Å². The lowest BCUT2D eigenvalue weighted by Gasteiger charge is -2.21. The minimum atomic E-state index is -0.856. The summed E-state index contributed by atoms with van der Waals surface area (Å²) < 4.78 is 13.1. The second-order valence-corrected chi connectivity index (χ2v) is 5.76. The molecule has 2 heterocycles. The van der Waals surface area contributed by atoms with Crippen LogP contribution in [0.1, 0.15) is 23.1 Å². The molecule has 0 fully saturated rings. The van der Waals surface area contributed by atoms with Crippen molar-refractivity contribution in [3.8, 4) is 0 Å². The number of hydrazone groups is 1. The number of aryl methyl sites for hydroxylation is 1. The van der Waals surface area contributed by atoms with Crippen molar-refractivity contribution in [2.45, 2.75) is 18.9 Å². The van der Waals surface area contributed by atoms with Crippen LogP contribution >= 0.6 is 0 Å². The largest absolute Gasteiger partial charge is 0.323 e. The Kier molecular flexibility index (Phi) is 2.60. The highest BCUT2D eigenvalue weighted by molar-refractivity contribution is 6.13. The van der Waals surface area contributed by atoms with Crippen LogP contribution in [0.25, 0.3) is 0 Å². The number of nitrogens with zero attached hydrogens (tertiary/aromatic N) is 1. The summed E-state index contributed by atoms with van der Waals surface area (Å²) in [5, 5.41) is 7.24. The van der Waals surface area contributed by atoms with E-state index in [1.807, 2.05) is 25.1 Å². The number of rotatable bonds is 1. The molecule has 2 aromatic carbocycles. The molecule has 0 saturated carbocycles. The standard InChI is InChI=1S/C17H14FN3O/c1-10-2-7-14-13(8-10)17(16(22)19-14)9-15(20-21-17)11-3-5-12(18)6-4-11/h2-8,21H,9H2,1H3,(H,19,22). The summed E-state index contributed by atoms with van der Waals surface area (Å²) in [5.74, 6) is -0.390. The van der Waals surface area contributed by atoms with Crippen molar-refractivity contribution in [1.29, 1.82) is 0 Å². The van der Waals surface area contributed by atoms with Crippen LogP contribution in [0, 0.1) is 12.7 Å². The predicted octanol–water partition coefficient (Wildman–Crippen LogP) is 2.68. The third-order valence-electron chi connectivity index (χ3n) is 4.26. The van der Waals surface area contributed by atoms with E-state index in [-0.39, 0.29) is 11.7 Å². The molecule has 0 aliphatic carbocycles. The maximum atomic E-state index is 13.1. The zero-order valence-corrected chi connectivity index (χ0v) is 12.0. The number of anilines is 1. The van der Waals surface area contributed by atoms with Crippen molar-refractivity contribution in [2.75, 3.05) is 5.32 Å². The van der Waals surface area contributed by atoms with E-state index >= 15 is 0 Å². The minimum Gasteiger partial charge on any atom is -0.323 e. The molecule has 0 aromatic heterocycles. The average Bonchev–Trinajstić information content (AvgIpc) is 3.06. The van der Waals surface area contributed by atoms with Crippen LogP contribution in [0.3, 0.4) is 0 Å². The van der Waals surface area contributed by atoms with Crippen LogP contribution < -0.4 is 10.7 Å². The van der Waals surface area contributed by atoms with Crippen molar-refractivity contribution >= 4 is 17.3 Å². The lowest BCUT2D eigenvalue weighted by atomic mass is 9.85. The maximum Gasteiger partial charge on any atom is 0.256 e. The number of hydrogen-bond donors (Lipinski definition) is 2. The van der Waals surface area contributed by atoms with E-state index in [0.29, 0.717) is 6.42 Å². The molecule has 5 heteroatoms. The van der Waals surface area contributed by atoms with Crippen LogP contribution in [-0.4, -0.2) is 11.6 Å². The topological polar surface area (TPSA) is 53.5 Å². The lowest BCUT2D eigenvalue weighted by Crippen LogP contribution is -2.42. The SMILES string of the molecule is Cc1ccc2c(c1)C1(CC(c3ccc(F)cc3)=NN1)C(=O)N2. The van der Waals surface area contributed by atoms with Crippen molar-refractivity contribution in [3.05, 3.63) is 65.0 Å². The van der Waals surface area contributed by atoms with Crippen LogP contribution in [0.5, 0.6) is 0 Å². The number of halogens is 1. The fraction of sp³-hybridized carbons (Fsp3) is 0.176. The van der Waals surface area contributed by atoms with Gasteiger partial charge in [0.05, 0.1) is 5.71 Å². The Labute approximate surface area is 127 Å². The smallest absolute Gasteiger partial charge is 0.256 e. The summed E-state index contributed by atoms with van der Waals surface area (Å²) in [6, 6.07) is 12.0. The van der Waals surface area contributed by atoms with Gasteiger partial charge in [0.25, 0.3) is 5.91 Å². The van der Waals surface area contributed by atoms with Gasteiger partial charge in [-0.05, 0) is 30.7 Å². The molecule has 110 valence electrons. The predicted molar refractivity (Wildman–Crippen MR) is 82.2 cm³/mol. The third kappa shape index (κ3) is 1.75. The first kappa shape index (κ1) is 13.0.